The molecule has 1 saturated heterocycles. The third kappa shape index (κ3) is 4.31. The zero-order chi connectivity index (χ0) is 17.0. The van der Waals surface area contributed by atoms with Crippen molar-refractivity contribution < 1.29 is 19.5 Å². The molecule has 0 radical (unpaired) electrons. The molecule has 0 atom stereocenters. The van der Waals surface area contributed by atoms with Gasteiger partial charge in [0.1, 0.15) is 0 Å². The van der Waals surface area contributed by atoms with Crippen molar-refractivity contribution in [1.29, 1.82) is 0 Å². The Morgan fingerprint density at radius 3 is 2.61 bits per heavy atom. The minimum atomic E-state index is -1.03. The van der Waals surface area contributed by atoms with E-state index in [4.69, 9.17) is 0 Å². The summed E-state index contributed by atoms with van der Waals surface area (Å²) in [5.41, 5.74) is 2.08. The Labute approximate surface area is 135 Å². The molecule has 1 aromatic carbocycles. The molecule has 6 heteroatoms. The van der Waals surface area contributed by atoms with Crippen molar-refractivity contribution in [2.75, 3.05) is 18.4 Å². The van der Waals surface area contributed by atoms with Crippen LogP contribution in [0.2, 0.25) is 0 Å². The molecule has 1 fully saturated rings. The van der Waals surface area contributed by atoms with Gasteiger partial charge in [0.15, 0.2) is 0 Å². The molecule has 0 aromatic heterocycles. The van der Waals surface area contributed by atoms with Crippen LogP contribution in [0.3, 0.4) is 0 Å². The Morgan fingerprint density at radius 1 is 1.17 bits per heavy atom. The van der Waals surface area contributed by atoms with Gasteiger partial charge >= 0.3 is 5.97 Å². The predicted molar refractivity (Wildman–Crippen MR) is 86.6 cm³/mol. The van der Waals surface area contributed by atoms with E-state index in [1.165, 1.54) is 6.07 Å². The lowest BCUT2D eigenvalue weighted by Gasteiger charge is -2.20. The highest BCUT2D eigenvalue weighted by molar-refractivity contribution is 5.97. The summed E-state index contributed by atoms with van der Waals surface area (Å²) >= 11 is 0. The highest BCUT2D eigenvalue weighted by Gasteiger charge is 2.20. The van der Waals surface area contributed by atoms with Gasteiger partial charge in [0.2, 0.25) is 11.8 Å². The Kier molecular flexibility index (Phi) is 5.36. The predicted octanol–water partition coefficient (Wildman–Crippen LogP) is 2.34. The van der Waals surface area contributed by atoms with E-state index in [1.807, 2.05) is 6.92 Å². The first-order valence-corrected chi connectivity index (χ1v) is 7.80. The Hall–Kier alpha value is -2.37. The number of hydrogen-bond donors (Lipinski definition) is 2. The van der Waals surface area contributed by atoms with Gasteiger partial charge in [0.05, 0.1) is 12.1 Å². The van der Waals surface area contributed by atoms with Gasteiger partial charge in [-0.3, -0.25) is 9.59 Å². The Morgan fingerprint density at radius 2 is 1.91 bits per heavy atom. The Balaban J connectivity index is 2.09. The smallest absolute Gasteiger partial charge is 0.336 e. The maximum atomic E-state index is 12.2. The van der Waals surface area contributed by atoms with Crippen molar-refractivity contribution >= 4 is 23.5 Å². The molecule has 2 N–H and O–H groups in total. The van der Waals surface area contributed by atoms with Crippen LogP contribution >= 0.6 is 0 Å². The Bertz CT molecular complexity index is 640. The largest absolute Gasteiger partial charge is 0.478 e. The third-order valence-electron chi connectivity index (χ3n) is 4.08. The molecule has 1 aliphatic rings. The fourth-order valence-electron chi connectivity index (χ4n) is 2.79. The first-order chi connectivity index (χ1) is 10.9. The van der Waals surface area contributed by atoms with Gasteiger partial charge in [-0.1, -0.05) is 12.5 Å². The van der Waals surface area contributed by atoms with E-state index in [9.17, 15) is 19.5 Å². The quantitative estimate of drug-likeness (QED) is 0.892. The first-order valence-electron chi connectivity index (χ1n) is 7.80. The van der Waals surface area contributed by atoms with Crippen LogP contribution in [0.1, 0.15) is 47.2 Å². The second-order valence-electron chi connectivity index (χ2n) is 5.96. The van der Waals surface area contributed by atoms with Crippen molar-refractivity contribution in [2.24, 2.45) is 0 Å². The molecule has 0 aliphatic carbocycles. The maximum absolute atomic E-state index is 12.2. The molecule has 1 heterocycles. The van der Waals surface area contributed by atoms with E-state index in [1.54, 1.807) is 17.9 Å². The zero-order valence-corrected chi connectivity index (χ0v) is 13.5. The number of aromatic carboxylic acids is 1. The third-order valence-corrected chi connectivity index (χ3v) is 4.08. The number of carboxylic acid groups (broad SMARTS) is 1. The molecule has 124 valence electrons. The van der Waals surface area contributed by atoms with Crippen molar-refractivity contribution in [3.05, 3.63) is 28.8 Å². The van der Waals surface area contributed by atoms with Gasteiger partial charge in [-0.25, -0.2) is 4.79 Å². The van der Waals surface area contributed by atoms with Gasteiger partial charge in [-0.05, 0) is 43.9 Å². The summed E-state index contributed by atoms with van der Waals surface area (Å²) in [6, 6.07) is 3.20. The summed E-state index contributed by atoms with van der Waals surface area (Å²) in [4.78, 5) is 36.9. The van der Waals surface area contributed by atoms with Crippen LogP contribution in [0.5, 0.6) is 0 Å². The van der Waals surface area contributed by atoms with Gasteiger partial charge in [-0.2, -0.15) is 0 Å². The topological polar surface area (TPSA) is 86.7 Å². The maximum Gasteiger partial charge on any atom is 0.336 e. The van der Waals surface area contributed by atoms with Gasteiger partial charge in [0.25, 0.3) is 0 Å². The van der Waals surface area contributed by atoms with E-state index in [0.29, 0.717) is 24.2 Å². The molecular formula is C17H22N2O4. The van der Waals surface area contributed by atoms with Crippen LogP contribution in [0.15, 0.2) is 12.1 Å². The number of carbonyl (C=O) groups is 3. The number of benzene rings is 1. The number of nitrogens with zero attached hydrogens (tertiary/aromatic N) is 1. The number of amides is 2. The monoisotopic (exact) mass is 318 g/mol. The molecule has 2 amide bonds. The molecule has 0 saturated carbocycles. The van der Waals surface area contributed by atoms with E-state index in [-0.39, 0.29) is 23.9 Å². The number of anilines is 1. The summed E-state index contributed by atoms with van der Waals surface area (Å²) in [6.07, 6.45) is 3.27. The summed E-state index contributed by atoms with van der Waals surface area (Å²) in [6.45, 7) is 4.14. The van der Waals surface area contributed by atoms with Gasteiger partial charge in [0, 0.05) is 18.7 Å². The first kappa shape index (κ1) is 17.0. The highest BCUT2D eigenvalue weighted by atomic mass is 16.4. The number of nitrogens with one attached hydrogen (secondary N) is 1. The highest BCUT2D eigenvalue weighted by Crippen LogP contribution is 2.21. The number of hydrogen-bond acceptors (Lipinski definition) is 3. The van der Waals surface area contributed by atoms with Crippen LogP contribution < -0.4 is 5.32 Å². The average Bonchev–Trinajstić information content (AvgIpc) is 2.66. The molecule has 23 heavy (non-hydrogen) atoms. The van der Waals surface area contributed by atoms with E-state index >= 15 is 0 Å². The summed E-state index contributed by atoms with van der Waals surface area (Å²) in [5.74, 6) is -1.33. The summed E-state index contributed by atoms with van der Waals surface area (Å²) < 4.78 is 0. The number of aryl methyl sites for hydroxylation is 2. The minimum Gasteiger partial charge on any atom is -0.478 e. The second-order valence-corrected chi connectivity index (χ2v) is 5.96. The van der Waals surface area contributed by atoms with E-state index in [2.05, 4.69) is 5.32 Å². The van der Waals surface area contributed by atoms with Crippen molar-refractivity contribution in [3.63, 3.8) is 0 Å². The van der Waals surface area contributed by atoms with E-state index in [0.717, 1.165) is 24.8 Å². The number of carboxylic acids is 1. The number of carbonyl (C=O) groups excluding carboxylic acids is 2. The van der Waals surface area contributed by atoms with Crippen molar-refractivity contribution in [1.82, 2.24) is 4.90 Å². The average molecular weight is 318 g/mol. The zero-order valence-electron chi connectivity index (χ0n) is 13.5. The fraction of sp³-hybridized carbons (Fsp3) is 0.471. The molecular weight excluding hydrogens is 296 g/mol. The molecule has 6 nitrogen and oxygen atoms in total. The lowest BCUT2D eigenvalue weighted by atomic mass is 10.0. The molecule has 1 aliphatic heterocycles. The van der Waals surface area contributed by atoms with Gasteiger partial charge < -0.3 is 15.3 Å². The minimum absolute atomic E-state index is 0.00417. The van der Waals surface area contributed by atoms with Crippen LogP contribution in [-0.2, 0) is 9.59 Å². The molecule has 0 spiro atoms. The lowest BCUT2D eigenvalue weighted by Crippen LogP contribution is -2.37. The van der Waals surface area contributed by atoms with Crippen LogP contribution in [-0.4, -0.2) is 40.9 Å². The van der Waals surface area contributed by atoms with Crippen molar-refractivity contribution in [3.8, 4) is 0 Å². The fourth-order valence-corrected chi connectivity index (χ4v) is 2.79. The van der Waals surface area contributed by atoms with Gasteiger partial charge in [-0.15, -0.1) is 0 Å². The SMILES string of the molecule is Cc1cc(C)c(C(=O)O)cc1NC(=O)CN1CCCCCC1=O. The molecule has 2 rings (SSSR count). The molecule has 0 bridgehead atoms. The van der Waals surface area contributed by atoms with Crippen LogP contribution in [0, 0.1) is 13.8 Å². The molecule has 1 aromatic rings. The molecule has 0 unspecified atom stereocenters. The van der Waals surface area contributed by atoms with Crippen molar-refractivity contribution in [2.45, 2.75) is 39.5 Å². The normalized spacial score (nSPS) is 15.2. The number of likely N-dealkylation sites (tertiary alicyclic amines) is 1. The second kappa shape index (κ2) is 7.26. The summed E-state index contributed by atoms with van der Waals surface area (Å²) in [5, 5.41) is 11.9. The number of rotatable bonds is 4. The van der Waals surface area contributed by atoms with Crippen LogP contribution in [0.4, 0.5) is 5.69 Å². The summed E-state index contributed by atoms with van der Waals surface area (Å²) in [7, 11) is 0. The van der Waals surface area contributed by atoms with Crippen LogP contribution in [0.25, 0.3) is 0 Å². The lowest BCUT2D eigenvalue weighted by molar-refractivity contribution is -0.134. The van der Waals surface area contributed by atoms with E-state index < -0.39 is 5.97 Å². The standard InChI is InChI=1S/C17H22N2O4/c1-11-8-12(2)14(9-13(11)17(22)23)18-15(20)10-19-7-5-3-4-6-16(19)21/h8-9H,3-7,10H2,1-2H3,(H,18,20)(H,22,23).